The number of aromatic nitrogens is 1. The number of nitrogens with one attached hydrogen (secondary N) is 2. The van der Waals surface area contributed by atoms with Crippen LogP contribution in [0.2, 0.25) is 0 Å². The van der Waals surface area contributed by atoms with Gasteiger partial charge in [-0.15, -0.1) is 0 Å². The molecule has 0 fully saturated rings. The molecule has 0 saturated heterocycles. The van der Waals surface area contributed by atoms with Crippen molar-refractivity contribution >= 4 is 18.9 Å². The van der Waals surface area contributed by atoms with Crippen molar-refractivity contribution in [2.45, 2.75) is 45.3 Å². The Balaban J connectivity index is 2.79. The SMILES string of the molecule is CC(C)C[C@H](NC(=O)[C@@H](NC(=O)c1cccnc1)[C@@H](C)O)B(O)O. The first-order valence-corrected chi connectivity index (χ1v) is 7.77. The number of amides is 2. The zero-order chi connectivity index (χ0) is 18.3. The van der Waals surface area contributed by atoms with Crippen molar-refractivity contribution in [1.29, 1.82) is 0 Å². The van der Waals surface area contributed by atoms with Crippen LogP contribution in [0, 0.1) is 5.92 Å². The number of aliphatic hydroxyl groups excluding tert-OH is 1. The summed E-state index contributed by atoms with van der Waals surface area (Å²) in [4.78, 5) is 28.3. The van der Waals surface area contributed by atoms with Crippen LogP contribution >= 0.6 is 0 Å². The third kappa shape index (κ3) is 6.27. The number of pyridine rings is 1. The molecule has 3 atom stereocenters. The fourth-order valence-corrected chi connectivity index (χ4v) is 2.16. The Morgan fingerprint density at radius 2 is 1.92 bits per heavy atom. The molecule has 0 saturated carbocycles. The third-order valence-corrected chi connectivity index (χ3v) is 3.39. The van der Waals surface area contributed by atoms with E-state index < -0.39 is 37.0 Å². The van der Waals surface area contributed by atoms with Gasteiger partial charge in [-0.1, -0.05) is 13.8 Å². The van der Waals surface area contributed by atoms with E-state index >= 15 is 0 Å². The Bertz CT molecular complexity index is 539. The van der Waals surface area contributed by atoms with E-state index in [1.54, 1.807) is 6.07 Å². The smallest absolute Gasteiger partial charge is 0.426 e. The fourth-order valence-electron chi connectivity index (χ4n) is 2.16. The predicted molar refractivity (Wildman–Crippen MR) is 88.7 cm³/mol. The fraction of sp³-hybridized carbons (Fsp3) is 0.533. The highest BCUT2D eigenvalue weighted by molar-refractivity contribution is 6.43. The van der Waals surface area contributed by atoms with Gasteiger partial charge in [0.05, 0.1) is 17.6 Å². The Kier molecular flexibility index (Phi) is 7.83. The average molecular weight is 337 g/mol. The molecule has 0 aliphatic carbocycles. The van der Waals surface area contributed by atoms with Gasteiger partial charge in [0.15, 0.2) is 0 Å². The number of carbonyl (C=O) groups is 2. The summed E-state index contributed by atoms with van der Waals surface area (Å²) in [6.07, 6.45) is 2.02. The summed E-state index contributed by atoms with van der Waals surface area (Å²) in [5, 5.41) is 33.4. The van der Waals surface area contributed by atoms with E-state index in [1.165, 1.54) is 25.4 Å². The van der Waals surface area contributed by atoms with Crippen LogP contribution in [0.3, 0.4) is 0 Å². The predicted octanol–water partition coefficient (Wildman–Crippen LogP) is -0.896. The van der Waals surface area contributed by atoms with Crippen LogP contribution in [-0.4, -0.2) is 57.2 Å². The van der Waals surface area contributed by atoms with Gasteiger partial charge < -0.3 is 25.8 Å². The second-order valence-corrected chi connectivity index (χ2v) is 6.09. The molecule has 1 heterocycles. The summed E-state index contributed by atoms with van der Waals surface area (Å²) in [6.45, 7) is 5.11. The molecule has 0 spiro atoms. The lowest BCUT2D eigenvalue weighted by Gasteiger charge is -2.25. The summed E-state index contributed by atoms with van der Waals surface area (Å²) >= 11 is 0. The number of rotatable bonds is 8. The molecule has 9 heteroatoms. The highest BCUT2D eigenvalue weighted by Gasteiger charge is 2.32. The minimum Gasteiger partial charge on any atom is -0.426 e. The molecule has 0 aliphatic rings. The van der Waals surface area contributed by atoms with E-state index in [1.807, 2.05) is 13.8 Å². The molecule has 0 bridgehead atoms. The lowest BCUT2D eigenvalue weighted by atomic mass is 9.75. The molecule has 1 aromatic heterocycles. The van der Waals surface area contributed by atoms with Gasteiger partial charge >= 0.3 is 7.12 Å². The van der Waals surface area contributed by atoms with Crippen molar-refractivity contribution in [2.24, 2.45) is 5.92 Å². The van der Waals surface area contributed by atoms with Crippen molar-refractivity contribution in [3.8, 4) is 0 Å². The highest BCUT2D eigenvalue weighted by atomic mass is 16.4. The summed E-state index contributed by atoms with van der Waals surface area (Å²) in [6, 6.07) is 1.87. The zero-order valence-electron chi connectivity index (χ0n) is 14.0. The van der Waals surface area contributed by atoms with Crippen LogP contribution in [0.15, 0.2) is 24.5 Å². The van der Waals surface area contributed by atoms with Gasteiger partial charge in [0.25, 0.3) is 5.91 Å². The van der Waals surface area contributed by atoms with Gasteiger partial charge in [0.1, 0.15) is 6.04 Å². The maximum Gasteiger partial charge on any atom is 0.475 e. The molecule has 2 amide bonds. The number of aliphatic hydroxyl groups is 1. The van der Waals surface area contributed by atoms with Crippen molar-refractivity contribution in [3.63, 3.8) is 0 Å². The molecule has 1 rings (SSSR count). The Morgan fingerprint density at radius 1 is 1.25 bits per heavy atom. The minimum atomic E-state index is -1.74. The summed E-state index contributed by atoms with van der Waals surface area (Å²) in [5.74, 6) is -2.03. The molecule has 0 unspecified atom stereocenters. The Hall–Kier alpha value is -1.97. The van der Waals surface area contributed by atoms with Crippen molar-refractivity contribution in [1.82, 2.24) is 15.6 Å². The normalized spacial score (nSPS) is 14.6. The van der Waals surface area contributed by atoms with E-state index in [-0.39, 0.29) is 11.5 Å². The third-order valence-electron chi connectivity index (χ3n) is 3.39. The maximum absolute atomic E-state index is 12.3. The van der Waals surface area contributed by atoms with Crippen LogP contribution in [0.1, 0.15) is 37.6 Å². The molecular formula is C15H24BN3O5. The van der Waals surface area contributed by atoms with Gasteiger partial charge in [-0.3, -0.25) is 14.6 Å². The lowest BCUT2D eigenvalue weighted by Crippen LogP contribution is -2.57. The second kappa shape index (κ2) is 9.36. The van der Waals surface area contributed by atoms with Crippen molar-refractivity contribution < 1.29 is 24.7 Å². The lowest BCUT2D eigenvalue weighted by molar-refractivity contribution is -0.125. The van der Waals surface area contributed by atoms with Gasteiger partial charge in [-0.25, -0.2) is 0 Å². The first kappa shape index (κ1) is 20.1. The molecular weight excluding hydrogens is 313 g/mol. The second-order valence-electron chi connectivity index (χ2n) is 6.09. The van der Waals surface area contributed by atoms with Crippen LogP contribution in [0.25, 0.3) is 0 Å². The Morgan fingerprint density at radius 3 is 2.38 bits per heavy atom. The highest BCUT2D eigenvalue weighted by Crippen LogP contribution is 2.07. The molecule has 8 nitrogen and oxygen atoms in total. The van der Waals surface area contributed by atoms with Gasteiger partial charge in [0, 0.05) is 12.4 Å². The monoisotopic (exact) mass is 337 g/mol. The number of carbonyl (C=O) groups excluding carboxylic acids is 2. The number of nitrogens with zero attached hydrogens (tertiary/aromatic N) is 1. The molecule has 1 aromatic rings. The van der Waals surface area contributed by atoms with Crippen molar-refractivity contribution in [2.75, 3.05) is 0 Å². The maximum atomic E-state index is 12.3. The van der Waals surface area contributed by atoms with E-state index in [2.05, 4.69) is 15.6 Å². The molecule has 0 radical (unpaired) electrons. The van der Waals surface area contributed by atoms with Gasteiger partial charge in [0.2, 0.25) is 5.91 Å². The summed E-state index contributed by atoms with van der Waals surface area (Å²) in [7, 11) is -1.74. The quantitative estimate of drug-likeness (QED) is 0.391. The first-order chi connectivity index (χ1) is 11.2. The first-order valence-electron chi connectivity index (χ1n) is 7.77. The summed E-state index contributed by atoms with van der Waals surface area (Å²) in [5.41, 5.74) is 0.247. The van der Waals surface area contributed by atoms with Gasteiger partial charge in [-0.2, -0.15) is 0 Å². The number of hydrogen-bond donors (Lipinski definition) is 5. The topological polar surface area (TPSA) is 132 Å². The van der Waals surface area contributed by atoms with Crippen LogP contribution in [0.5, 0.6) is 0 Å². The Labute approximate surface area is 141 Å². The molecule has 132 valence electrons. The average Bonchev–Trinajstić information content (AvgIpc) is 2.51. The van der Waals surface area contributed by atoms with E-state index in [4.69, 9.17) is 0 Å². The van der Waals surface area contributed by atoms with E-state index in [0.717, 1.165) is 0 Å². The molecule has 5 N–H and O–H groups in total. The van der Waals surface area contributed by atoms with Crippen molar-refractivity contribution in [3.05, 3.63) is 30.1 Å². The molecule has 0 aliphatic heterocycles. The molecule has 24 heavy (non-hydrogen) atoms. The van der Waals surface area contributed by atoms with Crippen LogP contribution in [0.4, 0.5) is 0 Å². The van der Waals surface area contributed by atoms with E-state index in [0.29, 0.717) is 6.42 Å². The zero-order valence-corrected chi connectivity index (χ0v) is 14.0. The molecule has 0 aromatic carbocycles. The van der Waals surface area contributed by atoms with Gasteiger partial charge in [-0.05, 0) is 31.4 Å². The van der Waals surface area contributed by atoms with E-state index in [9.17, 15) is 24.7 Å². The summed E-state index contributed by atoms with van der Waals surface area (Å²) < 4.78 is 0. The van der Waals surface area contributed by atoms with Crippen LogP contribution < -0.4 is 10.6 Å². The number of hydrogen-bond acceptors (Lipinski definition) is 6. The van der Waals surface area contributed by atoms with Crippen LogP contribution in [-0.2, 0) is 4.79 Å². The standard InChI is InChI=1S/C15H24BN3O5/c1-9(2)7-12(16(23)24)18-15(22)13(10(3)20)19-14(21)11-5-4-6-17-8-11/h4-6,8-10,12-13,20,23-24H,7H2,1-3H3,(H,18,22)(H,19,21)/t10-,12+,13+/m1/s1. The minimum absolute atomic E-state index is 0.118. The largest absolute Gasteiger partial charge is 0.475 e.